The van der Waals surface area contributed by atoms with Crippen LogP contribution in [-0.2, 0) is 9.47 Å². The van der Waals surface area contributed by atoms with Crippen molar-refractivity contribution in [1.29, 1.82) is 0 Å². The van der Waals surface area contributed by atoms with E-state index in [1.165, 1.54) is 17.4 Å². The Morgan fingerprint density at radius 1 is 1.07 bits per heavy atom. The number of benzene rings is 1. The van der Waals surface area contributed by atoms with Crippen molar-refractivity contribution >= 4 is 17.5 Å². The van der Waals surface area contributed by atoms with Crippen LogP contribution in [0.15, 0.2) is 31.4 Å². The van der Waals surface area contributed by atoms with Crippen molar-refractivity contribution in [2.45, 2.75) is 34.1 Å². The molecule has 6 nitrogen and oxygen atoms in total. The molecule has 2 saturated heterocycles. The van der Waals surface area contributed by atoms with Crippen molar-refractivity contribution in [1.82, 2.24) is 0 Å². The average Bonchev–Trinajstić information content (AvgIpc) is 3.19. The van der Waals surface area contributed by atoms with Crippen LogP contribution in [0.2, 0.25) is 0 Å². The molecule has 1 aromatic carbocycles. The molecule has 1 N–H and O–H groups in total. The number of carbonyl (C=O) groups excluding carboxylic acids is 1. The minimum Gasteiger partial charge on any atom is -0.447 e. The molecular weight excluding hydrogens is 363 g/mol. The molecule has 1 aromatic rings. The largest absolute Gasteiger partial charge is 0.447 e. The van der Waals surface area contributed by atoms with E-state index in [9.17, 15) is 9.18 Å². The van der Waals surface area contributed by atoms with Crippen molar-refractivity contribution in [3.8, 4) is 0 Å². The van der Waals surface area contributed by atoms with Crippen molar-refractivity contribution in [3.63, 3.8) is 0 Å². The molecule has 2 fully saturated rings. The molecule has 1 amide bonds. The second-order valence-electron chi connectivity index (χ2n) is 5.21. The number of ether oxygens (including phenoxy) is 2. The van der Waals surface area contributed by atoms with Gasteiger partial charge in [0, 0.05) is 20.2 Å². The van der Waals surface area contributed by atoms with Gasteiger partial charge in [0.15, 0.2) is 0 Å². The van der Waals surface area contributed by atoms with E-state index in [-0.39, 0.29) is 5.82 Å². The van der Waals surface area contributed by atoms with E-state index in [1.54, 1.807) is 12.1 Å². The summed E-state index contributed by atoms with van der Waals surface area (Å²) in [4.78, 5) is 14.8. The highest BCUT2D eigenvalue weighted by Crippen LogP contribution is 2.27. The highest BCUT2D eigenvalue weighted by atomic mass is 19.1. The summed E-state index contributed by atoms with van der Waals surface area (Å²) >= 11 is 0. The minimum atomic E-state index is -0.418. The molecule has 0 radical (unpaired) electrons. The summed E-state index contributed by atoms with van der Waals surface area (Å²) in [5, 5.41) is 7.00. The molecule has 0 unspecified atom stereocenters. The van der Waals surface area contributed by atoms with Crippen molar-refractivity contribution < 1.29 is 23.8 Å². The number of anilines is 2. The third kappa shape index (κ3) is 9.19. The molecule has 0 bridgehead atoms. The first-order valence-electron chi connectivity index (χ1n) is 9.68. The maximum Gasteiger partial charge on any atom is 0.414 e. The second-order valence-corrected chi connectivity index (χ2v) is 5.21. The van der Waals surface area contributed by atoms with Gasteiger partial charge in [0.25, 0.3) is 0 Å². The first-order valence-corrected chi connectivity index (χ1v) is 9.68. The third-order valence-electron chi connectivity index (χ3n) is 3.36. The van der Waals surface area contributed by atoms with Gasteiger partial charge in [-0.05, 0) is 18.2 Å². The molecule has 0 spiro atoms. The van der Waals surface area contributed by atoms with Crippen LogP contribution in [0, 0.1) is 5.82 Å². The van der Waals surface area contributed by atoms with Crippen LogP contribution in [-0.4, -0.2) is 57.8 Å². The molecule has 0 aliphatic carbocycles. The smallest absolute Gasteiger partial charge is 0.414 e. The van der Waals surface area contributed by atoms with Crippen molar-refractivity contribution in [2.24, 2.45) is 0 Å². The van der Waals surface area contributed by atoms with Crippen LogP contribution >= 0.6 is 0 Å². The van der Waals surface area contributed by atoms with Crippen LogP contribution in [0.4, 0.5) is 20.6 Å². The van der Waals surface area contributed by atoms with Gasteiger partial charge in [0.2, 0.25) is 0 Å². The molecule has 7 heteroatoms. The van der Waals surface area contributed by atoms with Gasteiger partial charge in [-0.3, -0.25) is 4.90 Å². The number of morpholine rings is 1. The number of hydrogen-bond donors (Lipinski definition) is 1. The van der Waals surface area contributed by atoms with E-state index in [0.717, 1.165) is 7.11 Å². The van der Waals surface area contributed by atoms with Crippen LogP contribution in [0.3, 0.4) is 0 Å². The summed E-state index contributed by atoms with van der Waals surface area (Å²) in [6, 6.07) is 4.85. The highest BCUT2D eigenvalue weighted by molar-refractivity contribution is 5.89. The lowest BCUT2D eigenvalue weighted by Gasteiger charge is -2.29. The zero-order valence-electron chi connectivity index (χ0n) is 18.0. The normalized spacial score (nSPS) is 14.6. The Bertz CT molecular complexity index is 523. The summed E-state index contributed by atoms with van der Waals surface area (Å²) in [6.07, 6.45) is 0.832. The molecule has 28 heavy (non-hydrogen) atoms. The van der Waals surface area contributed by atoms with Crippen LogP contribution < -0.4 is 9.80 Å². The van der Waals surface area contributed by atoms with Gasteiger partial charge in [0.1, 0.15) is 12.4 Å². The zero-order chi connectivity index (χ0) is 21.9. The topological polar surface area (TPSA) is 62.2 Å². The lowest BCUT2D eigenvalue weighted by Crippen LogP contribution is -2.36. The molecule has 2 heterocycles. The third-order valence-corrected chi connectivity index (χ3v) is 3.36. The van der Waals surface area contributed by atoms with Gasteiger partial charge in [0.05, 0.1) is 31.1 Å². The molecule has 0 aromatic heterocycles. The number of rotatable bonds is 2. The van der Waals surface area contributed by atoms with Crippen LogP contribution in [0.1, 0.15) is 34.1 Å². The van der Waals surface area contributed by atoms with Gasteiger partial charge >= 0.3 is 6.09 Å². The van der Waals surface area contributed by atoms with Crippen LogP contribution in [0.25, 0.3) is 0 Å². The van der Waals surface area contributed by atoms with Gasteiger partial charge in [-0.25, -0.2) is 9.18 Å². The number of amides is 1. The van der Waals surface area contributed by atoms with E-state index in [0.29, 0.717) is 50.8 Å². The number of nitrogens with zero attached hydrogens (tertiary/aromatic N) is 2. The van der Waals surface area contributed by atoms with Gasteiger partial charge in [-0.15, -0.1) is 13.2 Å². The standard InChI is InChI=1S/C13H15FN2O3.C3H8.C2H6.C2H4.CH4O/c14-11-9-10(16-5-8-19-13(16)17)1-2-12(11)15-3-6-18-7-4-15;1-3-2;3*1-2/h1-2,9H,3-8H2;3H2,1-2H3;1-2H3;1-2H2;2H,1H3. The van der Waals surface area contributed by atoms with Gasteiger partial charge < -0.3 is 19.5 Å². The molecule has 3 rings (SSSR count). The van der Waals surface area contributed by atoms with Gasteiger partial charge in [-0.2, -0.15) is 0 Å². The summed E-state index contributed by atoms with van der Waals surface area (Å²) < 4.78 is 24.2. The molecule has 162 valence electrons. The van der Waals surface area contributed by atoms with E-state index in [4.69, 9.17) is 14.6 Å². The molecule has 0 saturated carbocycles. The van der Waals surface area contributed by atoms with E-state index >= 15 is 0 Å². The number of hydrogen-bond acceptors (Lipinski definition) is 5. The Morgan fingerprint density at radius 2 is 1.61 bits per heavy atom. The van der Waals surface area contributed by atoms with E-state index in [1.807, 2.05) is 18.7 Å². The summed E-state index contributed by atoms with van der Waals surface area (Å²) in [7, 11) is 1.00. The Morgan fingerprint density at radius 3 is 2.04 bits per heavy atom. The fourth-order valence-corrected chi connectivity index (χ4v) is 2.35. The predicted octanol–water partition coefficient (Wildman–Crippen LogP) is 4.47. The summed E-state index contributed by atoms with van der Waals surface area (Å²) in [5.41, 5.74) is 1.09. The highest BCUT2D eigenvalue weighted by Gasteiger charge is 2.25. The monoisotopic (exact) mass is 400 g/mol. The average molecular weight is 401 g/mol. The summed E-state index contributed by atoms with van der Waals surface area (Å²) in [6.45, 7) is 17.7. The molecule has 2 aliphatic heterocycles. The Labute approximate surface area is 169 Å². The fraction of sp³-hybridized carbons (Fsp3) is 0.571. The first kappa shape index (κ1) is 28.1. The second kappa shape index (κ2) is 18.3. The maximum atomic E-state index is 14.2. The van der Waals surface area contributed by atoms with Crippen molar-refractivity contribution in [3.05, 3.63) is 37.2 Å². The molecular formula is C21H37FN2O4. The Kier molecular flexibility index (Phi) is 18.3. The molecule has 0 atom stereocenters. The van der Waals surface area contributed by atoms with Crippen LogP contribution in [0.5, 0.6) is 0 Å². The lowest BCUT2D eigenvalue weighted by atomic mass is 10.2. The SMILES string of the molecule is C=C.CC.CCC.CO.O=C1OCCN1c1ccc(N2CCOCC2)c(F)c1. The fourth-order valence-electron chi connectivity index (χ4n) is 2.35. The lowest BCUT2D eigenvalue weighted by molar-refractivity contribution is 0.122. The number of halogens is 1. The number of aliphatic hydroxyl groups excluding tert-OH is 1. The quantitative estimate of drug-likeness (QED) is 0.742. The Hall–Kier alpha value is -2.12. The number of cyclic esters (lactones) is 1. The maximum absolute atomic E-state index is 14.2. The van der Waals surface area contributed by atoms with E-state index in [2.05, 4.69) is 27.0 Å². The number of carbonyl (C=O) groups is 1. The number of aliphatic hydroxyl groups is 1. The van der Waals surface area contributed by atoms with E-state index < -0.39 is 6.09 Å². The van der Waals surface area contributed by atoms with Crippen molar-refractivity contribution in [2.75, 3.05) is 56.4 Å². The Balaban J connectivity index is 0. The predicted molar refractivity (Wildman–Crippen MR) is 115 cm³/mol. The summed E-state index contributed by atoms with van der Waals surface area (Å²) in [5.74, 6) is -0.320. The minimum absolute atomic E-state index is 0.320. The van der Waals surface area contributed by atoms with Gasteiger partial charge in [-0.1, -0.05) is 34.1 Å². The molecule has 2 aliphatic rings. The zero-order valence-corrected chi connectivity index (χ0v) is 18.0. The first-order chi connectivity index (χ1) is 13.7.